The highest BCUT2D eigenvalue weighted by Crippen LogP contribution is 2.16. The second-order valence-corrected chi connectivity index (χ2v) is 5.43. The minimum atomic E-state index is 0.114. The van der Waals surface area contributed by atoms with Gasteiger partial charge >= 0.3 is 0 Å². The molecule has 1 heterocycles. The highest BCUT2D eigenvalue weighted by Gasteiger charge is 2.13. The molecule has 98 valence electrons. The van der Waals surface area contributed by atoms with E-state index in [4.69, 9.17) is 4.74 Å². The van der Waals surface area contributed by atoms with Crippen molar-refractivity contribution in [3.8, 4) is 0 Å². The first-order valence-electron chi connectivity index (χ1n) is 6.42. The van der Waals surface area contributed by atoms with Gasteiger partial charge < -0.3 is 15.0 Å². The zero-order valence-corrected chi connectivity index (χ0v) is 11.8. The van der Waals surface area contributed by atoms with Crippen LogP contribution < -0.4 is 5.32 Å². The average molecular weight is 238 g/mol. The molecular formula is C14H26N2O. The number of allylic oxidation sites excluding steroid dienone is 2. The fourth-order valence-electron chi connectivity index (χ4n) is 1.84. The van der Waals surface area contributed by atoms with Gasteiger partial charge in [0.2, 0.25) is 0 Å². The van der Waals surface area contributed by atoms with Crippen LogP contribution in [0, 0.1) is 5.92 Å². The van der Waals surface area contributed by atoms with Gasteiger partial charge in [-0.1, -0.05) is 13.8 Å². The van der Waals surface area contributed by atoms with E-state index in [1.165, 1.54) is 5.57 Å². The molecule has 0 aromatic rings. The van der Waals surface area contributed by atoms with Gasteiger partial charge in [-0.2, -0.15) is 0 Å². The molecule has 0 bridgehead atoms. The molecule has 0 amide bonds. The summed E-state index contributed by atoms with van der Waals surface area (Å²) in [5.41, 5.74) is 1.31. The number of nitrogens with zero attached hydrogens (tertiary/aromatic N) is 1. The number of nitrogens with one attached hydrogen (secondary N) is 1. The molecule has 0 saturated heterocycles. The molecule has 1 N–H and O–H groups in total. The minimum Gasteiger partial charge on any atom is -0.475 e. The Balaban J connectivity index is 2.56. The largest absolute Gasteiger partial charge is 0.475 e. The quantitative estimate of drug-likeness (QED) is 0.797. The lowest BCUT2D eigenvalue weighted by Crippen LogP contribution is -2.28. The van der Waals surface area contributed by atoms with E-state index in [0.717, 1.165) is 25.1 Å². The van der Waals surface area contributed by atoms with E-state index in [2.05, 4.69) is 50.4 Å². The number of hydrogen-bond donors (Lipinski definition) is 1. The maximum atomic E-state index is 5.84. The molecule has 0 fully saturated rings. The van der Waals surface area contributed by atoms with E-state index in [1.54, 1.807) is 0 Å². The number of hydrogen-bond acceptors (Lipinski definition) is 3. The van der Waals surface area contributed by atoms with Crippen molar-refractivity contribution in [3.63, 3.8) is 0 Å². The molecule has 17 heavy (non-hydrogen) atoms. The Morgan fingerprint density at radius 3 is 2.71 bits per heavy atom. The summed E-state index contributed by atoms with van der Waals surface area (Å²) in [6, 6.07) is 0. The van der Waals surface area contributed by atoms with Crippen LogP contribution in [0.1, 0.15) is 33.6 Å². The van der Waals surface area contributed by atoms with E-state index in [1.807, 2.05) is 6.92 Å². The lowest BCUT2D eigenvalue weighted by atomic mass is 10.1. The molecule has 3 nitrogen and oxygen atoms in total. The first-order valence-corrected chi connectivity index (χ1v) is 6.42. The molecule has 1 unspecified atom stereocenters. The summed E-state index contributed by atoms with van der Waals surface area (Å²) in [7, 11) is 4.19. The molecular weight excluding hydrogens is 212 g/mol. The van der Waals surface area contributed by atoms with Crippen LogP contribution in [0.15, 0.2) is 23.6 Å². The molecule has 0 spiro atoms. The van der Waals surface area contributed by atoms with Gasteiger partial charge in [0, 0.05) is 19.2 Å². The fraction of sp³-hybridized carbons (Fsp3) is 0.714. The first-order chi connectivity index (χ1) is 7.97. The Bertz CT molecular complexity index is 293. The Hall–Kier alpha value is -0.960. The summed E-state index contributed by atoms with van der Waals surface area (Å²) in [5.74, 6) is 1.64. The predicted molar refractivity (Wildman–Crippen MR) is 72.5 cm³/mol. The van der Waals surface area contributed by atoms with Gasteiger partial charge in [-0.3, -0.25) is 0 Å². The third-order valence-corrected chi connectivity index (χ3v) is 2.70. The summed E-state index contributed by atoms with van der Waals surface area (Å²) >= 11 is 0. The van der Waals surface area contributed by atoms with Crippen LogP contribution in [0.2, 0.25) is 0 Å². The average Bonchev–Trinajstić information content (AvgIpc) is 2.36. The van der Waals surface area contributed by atoms with Crippen molar-refractivity contribution in [3.05, 3.63) is 23.6 Å². The van der Waals surface area contributed by atoms with Crippen LogP contribution in [0.4, 0.5) is 0 Å². The summed E-state index contributed by atoms with van der Waals surface area (Å²) in [4.78, 5) is 2.20. The van der Waals surface area contributed by atoms with Crippen LogP contribution in [-0.4, -0.2) is 31.8 Å². The molecule has 0 saturated carbocycles. The molecule has 0 aliphatic carbocycles. The normalized spacial score (nSPS) is 20.5. The Morgan fingerprint density at radius 2 is 2.12 bits per heavy atom. The Labute approximate surface area is 106 Å². The zero-order valence-electron chi connectivity index (χ0n) is 11.8. The van der Waals surface area contributed by atoms with Crippen molar-refractivity contribution >= 4 is 0 Å². The van der Waals surface area contributed by atoms with Crippen molar-refractivity contribution < 1.29 is 4.74 Å². The fourth-order valence-corrected chi connectivity index (χ4v) is 1.84. The second-order valence-electron chi connectivity index (χ2n) is 5.43. The standard InChI is InChI=1S/C14H26N2O/c1-11(2)8-14-15-10-13(6-7-16(4)5)9-12(3)17-14/h9-11,14-15H,6-8H2,1-5H3. The molecule has 0 aromatic heterocycles. The molecule has 1 aliphatic heterocycles. The van der Waals surface area contributed by atoms with Crippen molar-refractivity contribution in [2.24, 2.45) is 5.92 Å². The van der Waals surface area contributed by atoms with E-state index in [-0.39, 0.29) is 6.23 Å². The highest BCUT2D eigenvalue weighted by molar-refractivity contribution is 5.21. The number of rotatable bonds is 5. The zero-order chi connectivity index (χ0) is 12.8. The molecule has 3 heteroatoms. The van der Waals surface area contributed by atoms with Crippen LogP contribution in [0.5, 0.6) is 0 Å². The Kier molecular flexibility index (Phi) is 5.56. The van der Waals surface area contributed by atoms with Gasteiger partial charge in [0.15, 0.2) is 6.23 Å². The lowest BCUT2D eigenvalue weighted by Gasteiger charge is -2.19. The van der Waals surface area contributed by atoms with Gasteiger partial charge in [-0.25, -0.2) is 0 Å². The van der Waals surface area contributed by atoms with Crippen LogP contribution >= 0.6 is 0 Å². The summed E-state index contributed by atoms with van der Waals surface area (Å²) in [5, 5.41) is 3.36. The SMILES string of the molecule is CC1=CC(CCN(C)C)=CNC(CC(C)C)O1. The van der Waals surface area contributed by atoms with Gasteiger partial charge in [0.25, 0.3) is 0 Å². The molecule has 1 rings (SSSR count). The van der Waals surface area contributed by atoms with Gasteiger partial charge in [-0.05, 0) is 45.0 Å². The third-order valence-electron chi connectivity index (χ3n) is 2.70. The van der Waals surface area contributed by atoms with Crippen molar-refractivity contribution in [1.29, 1.82) is 0 Å². The van der Waals surface area contributed by atoms with E-state index < -0.39 is 0 Å². The van der Waals surface area contributed by atoms with Gasteiger partial charge in [0.1, 0.15) is 0 Å². The van der Waals surface area contributed by atoms with Crippen LogP contribution in [-0.2, 0) is 4.74 Å². The van der Waals surface area contributed by atoms with Crippen LogP contribution in [0.3, 0.4) is 0 Å². The maximum Gasteiger partial charge on any atom is 0.169 e. The predicted octanol–water partition coefficient (Wildman–Crippen LogP) is 2.72. The molecule has 1 aliphatic rings. The third kappa shape index (κ3) is 5.78. The summed E-state index contributed by atoms with van der Waals surface area (Å²) in [6.45, 7) is 7.52. The maximum absolute atomic E-state index is 5.84. The molecule has 1 atom stereocenters. The topological polar surface area (TPSA) is 24.5 Å². The summed E-state index contributed by atoms with van der Waals surface area (Å²) < 4.78 is 5.84. The molecule has 0 aromatic carbocycles. The first kappa shape index (κ1) is 14.1. The molecule has 0 radical (unpaired) electrons. The van der Waals surface area contributed by atoms with Crippen molar-refractivity contribution in [2.75, 3.05) is 20.6 Å². The van der Waals surface area contributed by atoms with Crippen molar-refractivity contribution in [1.82, 2.24) is 10.2 Å². The number of ether oxygens (including phenoxy) is 1. The summed E-state index contributed by atoms with van der Waals surface area (Å²) in [6.07, 6.45) is 6.44. The minimum absolute atomic E-state index is 0.114. The Morgan fingerprint density at radius 1 is 1.41 bits per heavy atom. The van der Waals surface area contributed by atoms with E-state index in [9.17, 15) is 0 Å². The monoisotopic (exact) mass is 238 g/mol. The second kappa shape index (κ2) is 6.70. The smallest absolute Gasteiger partial charge is 0.169 e. The van der Waals surface area contributed by atoms with E-state index >= 15 is 0 Å². The van der Waals surface area contributed by atoms with Crippen LogP contribution in [0.25, 0.3) is 0 Å². The highest BCUT2D eigenvalue weighted by atomic mass is 16.5. The lowest BCUT2D eigenvalue weighted by molar-refractivity contribution is 0.0831. The van der Waals surface area contributed by atoms with E-state index in [0.29, 0.717) is 5.92 Å². The van der Waals surface area contributed by atoms with Gasteiger partial charge in [-0.15, -0.1) is 0 Å². The van der Waals surface area contributed by atoms with Crippen molar-refractivity contribution in [2.45, 2.75) is 39.8 Å². The van der Waals surface area contributed by atoms with Gasteiger partial charge in [0.05, 0.1) is 5.76 Å².